The average molecular weight is 463 g/mol. The largest absolute Gasteiger partial charge is 0.417 e. The van der Waals surface area contributed by atoms with Crippen LogP contribution in [0.3, 0.4) is 0 Å². The third-order valence-corrected chi connectivity index (χ3v) is 8.11. The summed E-state index contributed by atoms with van der Waals surface area (Å²) in [5.41, 5.74) is -1.59. The molecule has 10 heteroatoms. The summed E-state index contributed by atoms with van der Waals surface area (Å²) in [6.45, 7) is -0.143. The number of hydrogen-bond donors (Lipinski definition) is 1. The van der Waals surface area contributed by atoms with Crippen LogP contribution in [0, 0.1) is 11.3 Å². The molecule has 2 atom stereocenters. The van der Waals surface area contributed by atoms with E-state index >= 15 is 0 Å². The monoisotopic (exact) mass is 463 g/mol. The van der Waals surface area contributed by atoms with Gasteiger partial charge >= 0.3 is 6.18 Å². The number of alkyl halides is 3. The third-order valence-electron chi connectivity index (χ3n) is 5.92. The molecule has 32 heavy (non-hydrogen) atoms. The summed E-state index contributed by atoms with van der Waals surface area (Å²) in [5.74, 6) is -0.505. The van der Waals surface area contributed by atoms with Gasteiger partial charge in [0.2, 0.25) is 5.91 Å². The fraction of sp³-hybridized carbons (Fsp3) is 0.364. The van der Waals surface area contributed by atoms with Crippen molar-refractivity contribution in [2.24, 2.45) is 0 Å². The molecule has 0 radical (unpaired) electrons. The number of nitrogens with zero attached hydrogens (tertiary/aromatic N) is 2. The van der Waals surface area contributed by atoms with Crippen LogP contribution >= 0.6 is 0 Å². The van der Waals surface area contributed by atoms with Crippen molar-refractivity contribution in [1.29, 1.82) is 5.26 Å². The second-order valence-electron chi connectivity index (χ2n) is 8.08. The van der Waals surface area contributed by atoms with Gasteiger partial charge in [0, 0.05) is 12.2 Å². The third kappa shape index (κ3) is 4.05. The Hall–Kier alpha value is -3.06. The molecule has 1 aliphatic carbocycles. The molecule has 168 valence electrons. The Bertz CT molecular complexity index is 1170. The number of halogens is 3. The zero-order chi connectivity index (χ0) is 23.1. The number of anilines is 1. The first-order chi connectivity index (χ1) is 15.1. The van der Waals surface area contributed by atoms with Gasteiger partial charge in [-0.25, -0.2) is 8.42 Å². The Balaban J connectivity index is 1.69. The van der Waals surface area contributed by atoms with Gasteiger partial charge in [-0.15, -0.1) is 0 Å². The van der Waals surface area contributed by atoms with E-state index in [0.717, 1.165) is 18.2 Å². The van der Waals surface area contributed by atoms with Gasteiger partial charge in [0.15, 0.2) is 9.84 Å². The minimum absolute atomic E-state index is 0.143. The van der Waals surface area contributed by atoms with Crippen LogP contribution in [0.2, 0.25) is 0 Å². The number of hydrogen-bond acceptors (Lipinski definition) is 5. The molecule has 4 rings (SSSR count). The molecular formula is C22H20F3N3O3S. The number of nitriles is 1. The Morgan fingerprint density at radius 2 is 1.72 bits per heavy atom. The summed E-state index contributed by atoms with van der Waals surface area (Å²) in [5, 5.41) is 10.8. The van der Waals surface area contributed by atoms with E-state index in [1.807, 2.05) is 0 Å². The van der Waals surface area contributed by atoms with Gasteiger partial charge in [0.25, 0.3) is 0 Å². The van der Waals surface area contributed by atoms with Crippen molar-refractivity contribution in [1.82, 2.24) is 5.32 Å². The normalized spacial score (nSPS) is 22.2. The van der Waals surface area contributed by atoms with E-state index in [2.05, 4.69) is 11.4 Å². The lowest BCUT2D eigenvalue weighted by Gasteiger charge is -2.26. The van der Waals surface area contributed by atoms with Crippen molar-refractivity contribution in [3.63, 3.8) is 0 Å². The predicted molar refractivity (Wildman–Crippen MR) is 110 cm³/mol. The lowest BCUT2D eigenvalue weighted by molar-refractivity contribution is -0.139. The van der Waals surface area contributed by atoms with Crippen LogP contribution in [0.1, 0.15) is 24.8 Å². The van der Waals surface area contributed by atoms with Crippen molar-refractivity contribution in [3.05, 3.63) is 60.2 Å². The van der Waals surface area contributed by atoms with E-state index in [1.165, 1.54) is 6.07 Å². The minimum Gasteiger partial charge on any atom is -0.358 e. The molecule has 0 aromatic heterocycles. The molecule has 1 N–H and O–H groups in total. The highest BCUT2D eigenvalue weighted by Gasteiger charge is 2.50. The molecule has 6 nitrogen and oxygen atoms in total. The summed E-state index contributed by atoms with van der Waals surface area (Å²) in [6, 6.07) is 13.8. The van der Waals surface area contributed by atoms with E-state index in [4.69, 9.17) is 0 Å². The molecule has 1 heterocycles. The maximum atomic E-state index is 13.5. The van der Waals surface area contributed by atoms with E-state index in [0.29, 0.717) is 18.5 Å². The van der Waals surface area contributed by atoms with Gasteiger partial charge in [-0.2, -0.15) is 18.4 Å². The molecule has 2 aromatic rings. The molecule has 2 aromatic carbocycles. The van der Waals surface area contributed by atoms with Crippen molar-refractivity contribution < 1.29 is 26.4 Å². The fourth-order valence-electron chi connectivity index (χ4n) is 4.01. The molecule has 2 fully saturated rings. The van der Waals surface area contributed by atoms with Crippen LogP contribution in [0.5, 0.6) is 0 Å². The standard InChI is InChI=1S/C22H20F3N3O3S/c23-22(24,25)17-8-4-5-9-19(17)32(30,31)16-12-18(20(29)27-21(14-26)10-11-21)28(13-16)15-6-2-1-3-7-15/h1-9,16,18H,10-13H2,(H,27,29). The van der Waals surface area contributed by atoms with Crippen LogP contribution in [0.4, 0.5) is 18.9 Å². The maximum absolute atomic E-state index is 13.5. The Labute approximate surface area is 183 Å². The summed E-state index contributed by atoms with van der Waals surface area (Å²) in [4.78, 5) is 13.8. The Kier molecular flexibility index (Phi) is 5.41. The van der Waals surface area contributed by atoms with Gasteiger partial charge in [-0.3, -0.25) is 4.79 Å². The second kappa shape index (κ2) is 7.81. The topological polar surface area (TPSA) is 90.3 Å². The van der Waals surface area contributed by atoms with E-state index in [-0.39, 0.29) is 13.0 Å². The molecule has 1 saturated heterocycles. The second-order valence-corrected chi connectivity index (χ2v) is 10.3. The Morgan fingerprint density at radius 3 is 2.31 bits per heavy atom. The molecule has 0 bridgehead atoms. The number of carbonyl (C=O) groups excluding carboxylic acids is 1. The van der Waals surface area contributed by atoms with Crippen molar-refractivity contribution in [2.45, 2.75) is 47.2 Å². The fourth-order valence-corrected chi connectivity index (χ4v) is 5.92. The molecule has 1 amide bonds. The first kappa shape index (κ1) is 22.1. The van der Waals surface area contributed by atoms with E-state index in [1.54, 1.807) is 35.2 Å². The van der Waals surface area contributed by atoms with Crippen molar-refractivity contribution in [3.8, 4) is 6.07 Å². The number of sulfone groups is 1. The average Bonchev–Trinajstić information content (AvgIpc) is 3.39. The smallest absolute Gasteiger partial charge is 0.358 e. The van der Waals surface area contributed by atoms with Crippen LogP contribution < -0.4 is 10.2 Å². The molecule has 0 spiro atoms. The lowest BCUT2D eigenvalue weighted by atomic mass is 10.1. The summed E-state index contributed by atoms with van der Waals surface area (Å²) in [7, 11) is -4.40. The van der Waals surface area contributed by atoms with Crippen LogP contribution in [-0.4, -0.2) is 37.7 Å². The number of carbonyl (C=O) groups is 1. The van der Waals surface area contributed by atoms with Crippen molar-refractivity contribution in [2.75, 3.05) is 11.4 Å². The van der Waals surface area contributed by atoms with Gasteiger partial charge in [-0.1, -0.05) is 30.3 Å². The summed E-state index contributed by atoms with van der Waals surface area (Å²) < 4.78 is 67.0. The maximum Gasteiger partial charge on any atom is 0.417 e. The number of nitrogens with one attached hydrogen (secondary N) is 1. The highest BCUT2D eigenvalue weighted by molar-refractivity contribution is 7.92. The first-order valence-corrected chi connectivity index (χ1v) is 11.6. The lowest BCUT2D eigenvalue weighted by Crippen LogP contribution is -2.47. The first-order valence-electron chi connectivity index (χ1n) is 10.0. The molecule has 1 aliphatic heterocycles. The zero-order valence-electron chi connectivity index (χ0n) is 16.8. The highest BCUT2D eigenvalue weighted by Crippen LogP contribution is 2.39. The van der Waals surface area contributed by atoms with Gasteiger partial charge in [0.05, 0.1) is 21.8 Å². The SMILES string of the molecule is N#CC1(NC(=O)C2CC(S(=O)(=O)c3ccccc3C(F)(F)F)CN2c2ccccc2)CC1. The van der Waals surface area contributed by atoms with Crippen LogP contribution in [-0.2, 0) is 20.8 Å². The van der Waals surface area contributed by atoms with Gasteiger partial charge in [0.1, 0.15) is 11.6 Å². The van der Waals surface area contributed by atoms with Crippen LogP contribution in [0.25, 0.3) is 0 Å². The summed E-state index contributed by atoms with van der Waals surface area (Å²) >= 11 is 0. The van der Waals surface area contributed by atoms with E-state index in [9.17, 15) is 31.6 Å². The minimum atomic E-state index is -4.83. The number of para-hydroxylation sites is 1. The molecular weight excluding hydrogens is 443 g/mol. The zero-order valence-corrected chi connectivity index (χ0v) is 17.7. The molecule has 2 aliphatic rings. The molecule has 2 unspecified atom stereocenters. The van der Waals surface area contributed by atoms with Gasteiger partial charge < -0.3 is 10.2 Å². The summed E-state index contributed by atoms with van der Waals surface area (Å²) in [6.07, 6.45) is -4.00. The highest BCUT2D eigenvalue weighted by atomic mass is 32.2. The van der Waals surface area contributed by atoms with Gasteiger partial charge in [-0.05, 0) is 43.5 Å². The van der Waals surface area contributed by atoms with Crippen LogP contribution in [0.15, 0.2) is 59.5 Å². The Morgan fingerprint density at radius 1 is 1.09 bits per heavy atom. The number of amides is 1. The van der Waals surface area contributed by atoms with Crippen molar-refractivity contribution >= 4 is 21.4 Å². The predicted octanol–water partition coefficient (Wildman–Crippen LogP) is 3.30. The molecule has 1 saturated carbocycles. The number of benzene rings is 2. The quantitative estimate of drug-likeness (QED) is 0.735. The number of rotatable bonds is 5. The van der Waals surface area contributed by atoms with E-state index < -0.39 is 49.2 Å².